The van der Waals surface area contributed by atoms with Crippen molar-refractivity contribution in [3.63, 3.8) is 0 Å². The highest BCUT2D eigenvalue weighted by molar-refractivity contribution is 8.00. The maximum atomic E-state index is 8.87. The summed E-state index contributed by atoms with van der Waals surface area (Å²) in [7, 11) is 0. The van der Waals surface area contributed by atoms with Gasteiger partial charge in [-0.2, -0.15) is 0 Å². The Morgan fingerprint density at radius 3 is 2.38 bits per heavy atom. The number of aliphatic hydroxyl groups is 1. The first-order valence-corrected chi connectivity index (χ1v) is 5.50. The lowest BCUT2D eigenvalue weighted by Gasteiger charge is -2.10. The van der Waals surface area contributed by atoms with E-state index < -0.39 is 0 Å². The van der Waals surface area contributed by atoms with Crippen LogP contribution in [0.3, 0.4) is 0 Å². The van der Waals surface area contributed by atoms with Gasteiger partial charge in [0.15, 0.2) is 0 Å². The Morgan fingerprint density at radius 2 is 1.92 bits per heavy atom. The summed E-state index contributed by atoms with van der Waals surface area (Å²) in [6.45, 7) is 2.04. The number of hydrogen-bond donors (Lipinski definition) is 1. The van der Waals surface area contributed by atoms with Crippen LogP contribution in [0.5, 0.6) is 0 Å². The van der Waals surface area contributed by atoms with E-state index in [1.807, 2.05) is 6.92 Å². The Hall–Kier alpha value is 0.110. The standard InChI is InChI=1S/C9H10Cl2OS/c1-6(5-12)13-9-7(10)3-2-4-8(9)11/h2-4,6,12H,5H2,1H3. The third-order valence-electron chi connectivity index (χ3n) is 1.50. The fraction of sp³-hybridized carbons (Fsp3) is 0.333. The lowest BCUT2D eigenvalue weighted by atomic mass is 10.4. The zero-order valence-electron chi connectivity index (χ0n) is 7.13. The van der Waals surface area contributed by atoms with Gasteiger partial charge in [0.1, 0.15) is 0 Å². The van der Waals surface area contributed by atoms with Gasteiger partial charge < -0.3 is 5.11 Å². The molecule has 1 atom stereocenters. The van der Waals surface area contributed by atoms with E-state index >= 15 is 0 Å². The SMILES string of the molecule is CC(CO)Sc1c(Cl)cccc1Cl. The van der Waals surface area contributed by atoms with Crippen LogP contribution in [-0.2, 0) is 0 Å². The number of benzene rings is 1. The van der Waals surface area contributed by atoms with Crippen molar-refractivity contribution in [3.05, 3.63) is 28.2 Å². The molecular formula is C9H10Cl2OS. The van der Waals surface area contributed by atoms with Crippen molar-refractivity contribution in [2.24, 2.45) is 0 Å². The fourth-order valence-electron chi connectivity index (χ4n) is 0.834. The first kappa shape index (κ1) is 11.2. The normalized spacial score (nSPS) is 12.9. The average Bonchev–Trinajstić information content (AvgIpc) is 2.11. The molecule has 72 valence electrons. The molecule has 1 N–H and O–H groups in total. The molecule has 0 saturated heterocycles. The van der Waals surface area contributed by atoms with Gasteiger partial charge in [-0.25, -0.2) is 0 Å². The lowest BCUT2D eigenvalue weighted by molar-refractivity contribution is 0.300. The van der Waals surface area contributed by atoms with Gasteiger partial charge in [-0.3, -0.25) is 0 Å². The summed E-state index contributed by atoms with van der Waals surface area (Å²) in [6.07, 6.45) is 0. The molecule has 4 heteroatoms. The Morgan fingerprint density at radius 1 is 1.38 bits per heavy atom. The number of thioether (sulfide) groups is 1. The summed E-state index contributed by atoms with van der Waals surface area (Å²) < 4.78 is 0. The third kappa shape index (κ3) is 3.06. The maximum Gasteiger partial charge on any atom is 0.0557 e. The minimum Gasteiger partial charge on any atom is -0.395 e. The van der Waals surface area contributed by atoms with Crippen LogP contribution >= 0.6 is 35.0 Å². The number of halogens is 2. The molecule has 0 aromatic heterocycles. The van der Waals surface area contributed by atoms with Gasteiger partial charge in [0.2, 0.25) is 0 Å². The topological polar surface area (TPSA) is 20.2 Å². The van der Waals surface area contributed by atoms with Crippen molar-refractivity contribution < 1.29 is 5.11 Å². The second-order valence-corrected chi connectivity index (χ2v) is 4.92. The van der Waals surface area contributed by atoms with Gasteiger partial charge >= 0.3 is 0 Å². The second-order valence-electron chi connectivity index (χ2n) is 2.66. The molecule has 0 aliphatic carbocycles. The van der Waals surface area contributed by atoms with E-state index in [0.717, 1.165) is 4.90 Å². The van der Waals surface area contributed by atoms with Crippen molar-refractivity contribution in [3.8, 4) is 0 Å². The van der Waals surface area contributed by atoms with Crippen LogP contribution in [0, 0.1) is 0 Å². The van der Waals surface area contributed by atoms with E-state index in [-0.39, 0.29) is 11.9 Å². The van der Waals surface area contributed by atoms with Crippen LogP contribution in [0.15, 0.2) is 23.1 Å². The monoisotopic (exact) mass is 236 g/mol. The van der Waals surface area contributed by atoms with Crippen molar-refractivity contribution in [2.45, 2.75) is 17.1 Å². The van der Waals surface area contributed by atoms with E-state index in [4.69, 9.17) is 28.3 Å². The quantitative estimate of drug-likeness (QED) is 0.812. The van der Waals surface area contributed by atoms with E-state index in [0.29, 0.717) is 10.0 Å². The summed E-state index contributed by atoms with van der Waals surface area (Å²) >= 11 is 13.4. The molecule has 1 rings (SSSR count). The van der Waals surface area contributed by atoms with Crippen LogP contribution in [0.2, 0.25) is 10.0 Å². The van der Waals surface area contributed by atoms with Crippen molar-refractivity contribution in [1.29, 1.82) is 0 Å². The van der Waals surface area contributed by atoms with Gasteiger partial charge in [0.25, 0.3) is 0 Å². The highest BCUT2D eigenvalue weighted by Crippen LogP contribution is 2.35. The zero-order chi connectivity index (χ0) is 9.84. The van der Waals surface area contributed by atoms with Crippen LogP contribution in [0.1, 0.15) is 6.92 Å². The molecule has 0 heterocycles. The predicted octanol–water partition coefficient (Wildman–Crippen LogP) is 3.47. The van der Waals surface area contributed by atoms with Crippen LogP contribution < -0.4 is 0 Å². The van der Waals surface area contributed by atoms with Gasteiger partial charge in [0, 0.05) is 10.1 Å². The van der Waals surface area contributed by atoms with Crippen molar-refractivity contribution in [2.75, 3.05) is 6.61 Å². The summed E-state index contributed by atoms with van der Waals surface area (Å²) in [4.78, 5) is 0.840. The Balaban J connectivity index is 2.87. The largest absolute Gasteiger partial charge is 0.395 e. The first-order valence-electron chi connectivity index (χ1n) is 3.86. The first-order chi connectivity index (χ1) is 6.15. The molecule has 0 saturated carbocycles. The summed E-state index contributed by atoms with van der Waals surface area (Å²) in [6, 6.07) is 5.39. The molecule has 1 aromatic rings. The summed E-state index contributed by atoms with van der Waals surface area (Å²) in [5.74, 6) is 0. The molecule has 0 aliphatic rings. The highest BCUT2D eigenvalue weighted by atomic mass is 35.5. The van der Waals surface area contributed by atoms with Crippen molar-refractivity contribution in [1.82, 2.24) is 0 Å². The molecule has 0 aliphatic heterocycles. The molecular weight excluding hydrogens is 227 g/mol. The zero-order valence-corrected chi connectivity index (χ0v) is 9.46. The molecule has 1 aromatic carbocycles. The molecule has 0 spiro atoms. The molecule has 0 radical (unpaired) electrons. The van der Waals surface area contributed by atoms with E-state index in [2.05, 4.69) is 0 Å². The van der Waals surface area contributed by atoms with Gasteiger partial charge in [-0.05, 0) is 12.1 Å². The molecule has 0 amide bonds. The maximum absolute atomic E-state index is 8.87. The average molecular weight is 237 g/mol. The summed E-state index contributed by atoms with van der Waals surface area (Å²) in [5.41, 5.74) is 0. The molecule has 0 fully saturated rings. The van der Waals surface area contributed by atoms with Crippen LogP contribution in [-0.4, -0.2) is 17.0 Å². The lowest BCUT2D eigenvalue weighted by Crippen LogP contribution is -2.01. The number of rotatable bonds is 3. The van der Waals surface area contributed by atoms with Gasteiger partial charge in [-0.15, -0.1) is 11.8 Å². The van der Waals surface area contributed by atoms with Crippen LogP contribution in [0.25, 0.3) is 0 Å². The third-order valence-corrected chi connectivity index (χ3v) is 3.58. The molecule has 1 nitrogen and oxygen atoms in total. The Bertz CT molecular complexity index is 271. The number of hydrogen-bond acceptors (Lipinski definition) is 2. The van der Waals surface area contributed by atoms with E-state index in [1.165, 1.54) is 11.8 Å². The second kappa shape index (κ2) is 5.11. The van der Waals surface area contributed by atoms with Gasteiger partial charge in [0.05, 0.1) is 16.7 Å². The molecule has 1 unspecified atom stereocenters. The van der Waals surface area contributed by atoms with Crippen molar-refractivity contribution >= 4 is 35.0 Å². The highest BCUT2D eigenvalue weighted by Gasteiger charge is 2.09. The predicted molar refractivity (Wildman–Crippen MR) is 58.9 cm³/mol. The minimum absolute atomic E-state index is 0.109. The fourth-order valence-corrected chi connectivity index (χ4v) is 2.34. The van der Waals surface area contributed by atoms with E-state index in [9.17, 15) is 0 Å². The van der Waals surface area contributed by atoms with Crippen LogP contribution in [0.4, 0.5) is 0 Å². The number of aliphatic hydroxyl groups excluding tert-OH is 1. The van der Waals surface area contributed by atoms with E-state index in [1.54, 1.807) is 18.2 Å². The summed E-state index contributed by atoms with van der Waals surface area (Å²) in [5, 5.41) is 10.3. The smallest absolute Gasteiger partial charge is 0.0557 e. The Labute approximate surface area is 92.1 Å². The Kier molecular flexibility index (Phi) is 4.39. The minimum atomic E-state index is 0.109. The molecule has 13 heavy (non-hydrogen) atoms. The molecule has 0 bridgehead atoms. The van der Waals surface area contributed by atoms with Gasteiger partial charge in [-0.1, -0.05) is 36.2 Å².